The fourth-order valence-electron chi connectivity index (χ4n) is 4.61. The number of nitrogens with one attached hydrogen (secondary N) is 3. The van der Waals surface area contributed by atoms with Crippen molar-refractivity contribution in [2.45, 2.75) is 68.7 Å². The van der Waals surface area contributed by atoms with Crippen LogP contribution in [0.25, 0.3) is 0 Å². The molecule has 7 nitrogen and oxygen atoms in total. The number of benzene rings is 1. The van der Waals surface area contributed by atoms with Crippen molar-refractivity contribution < 1.29 is 17.2 Å². The number of aromatic nitrogens is 2. The third kappa shape index (κ3) is 3.73. The summed E-state index contributed by atoms with van der Waals surface area (Å²) < 4.78 is 47.1. The minimum Gasteiger partial charge on any atom is -0.465 e. The van der Waals surface area contributed by atoms with Gasteiger partial charge in [0.2, 0.25) is 10.0 Å². The summed E-state index contributed by atoms with van der Waals surface area (Å²) in [6, 6.07) is 8.92. The lowest BCUT2D eigenvalue weighted by Crippen LogP contribution is -2.13. The maximum Gasteiger partial charge on any atom is 0.241 e. The standard InChI is InChI=1S/C23H27FN4O3S/c1-23(2,3)20-9-7-18(31-20)14-5-4-13(10-14)17-11-21(28-27-17)26-16-6-8-19-15(22(16)24)12-25-32(19,29)30/h6-9,11,13-14,25H,4-5,10,12H2,1-3H3,(H2,26,27,28)/t13-,14+/m0/s1. The molecule has 3 N–H and O–H groups in total. The van der Waals surface area contributed by atoms with Crippen LogP contribution in [-0.2, 0) is 22.0 Å². The molecule has 1 fully saturated rings. The lowest BCUT2D eigenvalue weighted by molar-refractivity contribution is 0.369. The second kappa shape index (κ2) is 7.45. The molecule has 1 aliphatic carbocycles. The number of nitrogens with zero attached hydrogens (tertiary/aromatic N) is 1. The Morgan fingerprint density at radius 3 is 2.69 bits per heavy atom. The van der Waals surface area contributed by atoms with E-state index in [1.807, 2.05) is 6.07 Å². The Bertz CT molecular complexity index is 1270. The van der Waals surface area contributed by atoms with Crippen molar-refractivity contribution in [2.75, 3.05) is 5.32 Å². The molecular weight excluding hydrogens is 431 g/mol. The quantitative estimate of drug-likeness (QED) is 0.509. The van der Waals surface area contributed by atoms with Gasteiger partial charge in [-0.15, -0.1) is 0 Å². The van der Waals surface area contributed by atoms with Crippen LogP contribution in [0, 0.1) is 5.82 Å². The van der Waals surface area contributed by atoms with Crippen molar-refractivity contribution in [3.8, 4) is 0 Å². The highest BCUT2D eigenvalue weighted by atomic mass is 32.2. The number of aromatic amines is 1. The van der Waals surface area contributed by atoms with E-state index in [0.29, 0.717) is 17.7 Å². The smallest absolute Gasteiger partial charge is 0.241 e. The number of furan rings is 1. The lowest BCUT2D eigenvalue weighted by Gasteiger charge is -2.15. The summed E-state index contributed by atoms with van der Waals surface area (Å²) in [6.07, 6.45) is 3.04. The summed E-state index contributed by atoms with van der Waals surface area (Å²) >= 11 is 0. The second-order valence-electron chi connectivity index (χ2n) is 9.72. The van der Waals surface area contributed by atoms with Gasteiger partial charge in [-0.05, 0) is 43.5 Å². The molecule has 0 bridgehead atoms. The molecule has 2 aliphatic rings. The van der Waals surface area contributed by atoms with Crippen LogP contribution in [0.2, 0.25) is 0 Å². The molecule has 2 atom stereocenters. The third-order valence-corrected chi connectivity index (χ3v) is 7.92. The highest BCUT2D eigenvalue weighted by Crippen LogP contribution is 2.44. The Hall–Kier alpha value is -2.65. The van der Waals surface area contributed by atoms with Gasteiger partial charge in [-0.1, -0.05) is 20.8 Å². The fourth-order valence-corrected chi connectivity index (χ4v) is 5.83. The van der Waals surface area contributed by atoms with Gasteiger partial charge in [-0.3, -0.25) is 5.10 Å². The van der Waals surface area contributed by atoms with Crippen molar-refractivity contribution >= 4 is 21.5 Å². The van der Waals surface area contributed by atoms with Crippen molar-refractivity contribution in [1.82, 2.24) is 14.9 Å². The van der Waals surface area contributed by atoms with Gasteiger partial charge in [-0.25, -0.2) is 17.5 Å². The molecule has 5 rings (SSSR count). The largest absolute Gasteiger partial charge is 0.465 e. The first kappa shape index (κ1) is 21.2. The van der Waals surface area contributed by atoms with Crippen LogP contribution < -0.4 is 10.0 Å². The van der Waals surface area contributed by atoms with E-state index >= 15 is 0 Å². The predicted octanol–water partition coefficient (Wildman–Crippen LogP) is 5.03. The van der Waals surface area contributed by atoms with E-state index in [1.54, 1.807) is 0 Å². The Morgan fingerprint density at radius 1 is 1.16 bits per heavy atom. The first-order valence-electron chi connectivity index (χ1n) is 10.9. The van der Waals surface area contributed by atoms with Crippen LogP contribution in [0.5, 0.6) is 0 Å². The zero-order chi connectivity index (χ0) is 22.7. The van der Waals surface area contributed by atoms with Gasteiger partial charge in [-0.2, -0.15) is 5.10 Å². The second-order valence-corrected chi connectivity index (χ2v) is 11.5. The van der Waals surface area contributed by atoms with Crippen LogP contribution in [-0.4, -0.2) is 18.6 Å². The van der Waals surface area contributed by atoms with Crippen molar-refractivity contribution in [2.24, 2.45) is 0 Å². The lowest BCUT2D eigenvalue weighted by atomic mass is 9.94. The average Bonchev–Trinajstić information content (AvgIpc) is 3.49. The fraction of sp³-hybridized carbons (Fsp3) is 0.435. The maximum absolute atomic E-state index is 14.8. The highest BCUT2D eigenvalue weighted by molar-refractivity contribution is 7.89. The highest BCUT2D eigenvalue weighted by Gasteiger charge is 2.32. The molecular formula is C23H27FN4O3S. The van der Waals surface area contributed by atoms with E-state index < -0.39 is 15.8 Å². The molecule has 2 aromatic heterocycles. The molecule has 0 spiro atoms. The summed E-state index contributed by atoms with van der Waals surface area (Å²) in [6.45, 7) is 6.39. The van der Waals surface area contributed by atoms with Gasteiger partial charge in [0.1, 0.15) is 11.5 Å². The van der Waals surface area contributed by atoms with Crippen LogP contribution in [0.1, 0.15) is 74.6 Å². The molecule has 0 radical (unpaired) electrons. The van der Waals surface area contributed by atoms with E-state index in [-0.39, 0.29) is 28.1 Å². The zero-order valence-electron chi connectivity index (χ0n) is 18.3. The van der Waals surface area contributed by atoms with E-state index in [9.17, 15) is 12.8 Å². The van der Waals surface area contributed by atoms with Crippen molar-refractivity contribution in [3.05, 3.63) is 58.9 Å². The summed E-state index contributed by atoms with van der Waals surface area (Å²) in [5.74, 6) is 2.67. The molecule has 1 saturated carbocycles. The normalized spacial score (nSPS) is 22.2. The van der Waals surface area contributed by atoms with Gasteiger partial charge in [0, 0.05) is 41.1 Å². The molecule has 3 aromatic rings. The number of hydrogen-bond acceptors (Lipinski definition) is 5. The van der Waals surface area contributed by atoms with E-state index in [1.165, 1.54) is 12.1 Å². The number of anilines is 2. The summed E-state index contributed by atoms with van der Waals surface area (Å²) in [5.41, 5.74) is 1.35. The van der Waals surface area contributed by atoms with Crippen molar-refractivity contribution in [3.63, 3.8) is 0 Å². The molecule has 0 saturated heterocycles. The SMILES string of the molecule is CC(C)(C)c1ccc([C@@H]2CC[C@H](c3cc(Nc4ccc5c(c4F)CNS5(=O)=O)n[nH]3)C2)o1. The molecule has 0 unspecified atom stereocenters. The van der Waals surface area contributed by atoms with Crippen LogP contribution in [0.4, 0.5) is 15.9 Å². The summed E-state index contributed by atoms with van der Waals surface area (Å²) in [5, 5.41) is 10.4. The Morgan fingerprint density at radius 2 is 1.94 bits per heavy atom. The Labute approximate surface area is 186 Å². The van der Waals surface area contributed by atoms with Crippen molar-refractivity contribution in [1.29, 1.82) is 0 Å². The van der Waals surface area contributed by atoms with Gasteiger partial charge < -0.3 is 9.73 Å². The maximum atomic E-state index is 14.8. The summed E-state index contributed by atoms with van der Waals surface area (Å²) in [7, 11) is -3.61. The molecule has 1 aliphatic heterocycles. The molecule has 1 aromatic carbocycles. The zero-order valence-corrected chi connectivity index (χ0v) is 19.1. The minimum absolute atomic E-state index is 0.00666. The minimum atomic E-state index is -3.61. The predicted molar refractivity (Wildman–Crippen MR) is 119 cm³/mol. The molecule has 32 heavy (non-hydrogen) atoms. The molecule has 3 heterocycles. The third-order valence-electron chi connectivity index (χ3n) is 6.43. The molecule has 0 amide bonds. The van der Waals surface area contributed by atoms with Crippen LogP contribution in [0.3, 0.4) is 0 Å². The van der Waals surface area contributed by atoms with E-state index in [2.05, 4.69) is 53.1 Å². The number of sulfonamides is 1. The monoisotopic (exact) mass is 458 g/mol. The number of rotatable bonds is 4. The van der Waals surface area contributed by atoms with Gasteiger partial charge in [0.05, 0.1) is 10.6 Å². The topological polar surface area (TPSA) is 100 Å². The summed E-state index contributed by atoms with van der Waals surface area (Å²) in [4.78, 5) is -0.00666. The molecule has 9 heteroatoms. The van der Waals surface area contributed by atoms with Crippen LogP contribution in [0.15, 0.2) is 39.6 Å². The Kier molecular flexibility index (Phi) is 4.94. The first-order chi connectivity index (χ1) is 15.1. The van der Waals surface area contributed by atoms with Gasteiger partial charge in [0.15, 0.2) is 11.6 Å². The van der Waals surface area contributed by atoms with Crippen LogP contribution >= 0.6 is 0 Å². The number of H-pyrrole nitrogens is 1. The van der Waals surface area contributed by atoms with Gasteiger partial charge >= 0.3 is 0 Å². The molecule has 170 valence electrons. The van der Waals surface area contributed by atoms with Gasteiger partial charge in [0.25, 0.3) is 0 Å². The van der Waals surface area contributed by atoms with E-state index in [0.717, 1.165) is 36.5 Å². The first-order valence-corrected chi connectivity index (χ1v) is 12.3. The average molecular weight is 459 g/mol. The number of hydrogen-bond donors (Lipinski definition) is 3. The van der Waals surface area contributed by atoms with E-state index in [4.69, 9.17) is 4.42 Å². The number of fused-ring (bicyclic) bond motifs is 1. The Balaban J connectivity index is 1.29. The number of halogens is 1.